The molecule has 0 saturated heterocycles. The molecule has 0 spiro atoms. The Balaban J connectivity index is 1.90. The predicted octanol–water partition coefficient (Wildman–Crippen LogP) is 5.42. The molecule has 3 rings (SSSR count). The van der Waals surface area contributed by atoms with Crippen molar-refractivity contribution in [3.05, 3.63) is 18.5 Å². The number of hydrogen-bond acceptors (Lipinski definition) is 3. The molecule has 6 heteroatoms. The van der Waals surface area contributed by atoms with Crippen molar-refractivity contribution in [2.24, 2.45) is 11.3 Å². The molecule has 1 saturated carbocycles. The van der Waals surface area contributed by atoms with E-state index in [1.165, 1.54) is 0 Å². The molecule has 2 aromatic rings. The van der Waals surface area contributed by atoms with Crippen LogP contribution in [0.5, 0.6) is 11.5 Å². The number of ether oxygens (including phenoxy) is 2. The third kappa shape index (κ3) is 4.05. The Kier molecular flexibility index (Phi) is 4.89. The van der Waals surface area contributed by atoms with Crippen LogP contribution in [0.25, 0.3) is 11.0 Å². The minimum Gasteiger partial charge on any atom is -0.493 e. The van der Waals surface area contributed by atoms with Gasteiger partial charge in [-0.25, -0.2) is 4.98 Å². The lowest BCUT2D eigenvalue weighted by atomic mass is 9.68. The van der Waals surface area contributed by atoms with Gasteiger partial charge in [0.05, 0.1) is 18.5 Å². The molecule has 0 unspecified atom stereocenters. The highest BCUT2D eigenvalue weighted by molar-refractivity contribution is 5.84. The fourth-order valence-corrected chi connectivity index (χ4v) is 3.48. The molecule has 1 aliphatic carbocycles. The number of fused-ring (bicyclic) bond motifs is 1. The Hall–Kier alpha value is -1.85. The Morgan fingerprint density at radius 1 is 1.28 bits per heavy atom. The molecule has 0 N–H and O–H groups in total. The average molecular weight is 352 g/mol. The second-order valence-electron chi connectivity index (χ2n) is 8.08. The van der Waals surface area contributed by atoms with Gasteiger partial charge in [0.15, 0.2) is 5.75 Å². The van der Waals surface area contributed by atoms with Gasteiger partial charge in [0.1, 0.15) is 11.3 Å². The Morgan fingerprint density at radius 3 is 2.60 bits per heavy atom. The Bertz CT molecular complexity index is 732. The van der Waals surface area contributed by atoms with E-state index in [2.05, 4.69) is 32.7 Å². The summed E-state index contributed by atoms with van der Waals surface area (Å²) in [6.07, 6.45) is 4.62. The quantitative estimate of drug-likeness (QED) is 0.667. The molecule has 1 heterocycles. The van der Waals surface area contributed by atoms with Crippen molar-refractivity contribution in [3.8, 4) is 11.5 Å². The highest BCUT2D eigenvalue weighted by Crippen LogP contribution is 2.49. The number of benzene rings is 1. The summed E-state index contributed by atoms with van der Waals surface area (Å²) in [4.78, 5) is 4.40. The van der Waals surface area contributed by atoms with Crippen molar-refractivity contribution in [2.45, 2.75) is 59.6 Å². The third-order valence-electron chi connectivity index (χ3n) is 4.76. The van der Waals surface area contributed by atoms with Gasteiger partial charge in [0.25, 0.3) is 0 Å². The number of nitrogens with zero attached hydrogens (tertiary/aromatic N) is 2. The van der Waals surface area contributed by atoms with E-state index in [-0.39, 0.29) is 17.2 Å². The summed E-state index contributed by atoms with van der Waals surface area (Å²) in [5.74, 6) is 1.17. The van der Waals surface area contributed by atoms with E-state index in [1.807, 2.05) is 4.57 Å². The summed E-state index contributed by atoms with van der Waals surface area (Å²) in [7, 11) is 0. The lowest BCUT2D eigenvalue weighted by Gasteiger charge is -2.43. The Labute approximate surface area is 147 Å². The van der Waals surface area contributed by atoms with Crippen LogP contribution < -0.4 is 9.47 Å². The largest absolute Gasteiger partial charge is 0.493 e. The first-order valence-electron chi connectivity index (χ1n) is 8.83. The average Bonchev–Trinajstić information content (AvgIpc) is 2.87. The lowest BCUT2D eigenvalue weighted by molar-refractivity contribution is -0.0492. The molecule has 138 valence electrons. The van der Waals surface area contributed by atoms with Crippen molar-refractivity contribution in [3.63, 3.8) is 0 Å². The predicted molar refractivity (Wildman–Crippen MR) is 93.4 cm³/mol. The number of aromatic nitrogens is 2. The molecule has 25 heavy (non-hydrogen) atoms. The summed E-state index contributed by atoms with van der Waals surface area (Å²) in [6, 6.07) is 3.62. The summed E-state index contributed by atoms with van der Waals surface area (Å²) < 4.78 is 38.3. The first-order valence-corrected chi connectivity index (χ1v) is 8.83. The van der Waals surface area contributed by atoms with Gasteiger partial charge < -0.3 is 14.0 Å². The molecule has 0 radical (unpaired) electrons. The first kappa shape index (κ1) is 18.0. The van der Waals surface area contributed by atoms with Gasteiger partial charge in [0, 0.05) is 18.2 Å². The maximum Gasteiger partial charge on any atom is 0.387 e. The van der Waals surface area contributed by atoms with Crippen LogP contribution in [0.15, 0.2) is 18.5 Å². The highest BCUT2D eigenvalue weighted by Gasteiger charge is 2.38. The van der Waals surface area contributed by atoms with E-state index in [1.54, 1.807) is 18.5 Å². The molecule has 0 atom stereocenters. The molecule has 0 amide bonds. The van der Waals surface area contributed by atoms with Crippen molar-refractivity contribution < 1.29 is 18.3 Å². The van der Waals surface area contributed by atoms with Gasteiger partial charge >= 0.3 is 6.61 Å². The van der Waals surface area contributed by atoms with Crippen molar-refractivity contribution in [1.82, 2.24) is 9.55 Å². The van der Waals surface area contributed by atoms with Crippen LogP contribution >= 0.6 is 0 Å². The number of imidazole rings is 1. The van der Waals surface area contributed by atoms with Gasteiger partial charge in [-0.15, -0.1) is 0 Å². The van der Waals surface area contributed by atoms with Crippen LogP contribution in [-0.2, 0) is 0 Å². The maximum absolute atomic E-state index is 12.9. The molecule has 1 fully saturated rings. The summed E-state index contributed by atoms with van der Waals surface area (Å²) in [5, 5.41) is 0. The number of hydrogen-bond donors (Lipinski definition) is 0. The smallest absolute Gasteiger partial charge is 0.387 e. The van der Waals surface area contributed by atoms with Crippen LogP contribution in [-0.4, -0.2) is 22.8 Å². The molecular weight excluding hydrogens is 326 g/mol. The van der Waals surface area contributed by atoms with E-state index in [9.17, 15) is 8.78 Å². The standard InChI is InChI=1S/C19H26F2N2O2/c1-12(2)5-6-24-14-7-15-17(16(8-14)25-18(20)21)23(11-22-15)13-9-19(3,4)10-13/h7-8,11-13,18H,5-6,9-10H2,1-4H3. The fraction of sp³-hybridized carbons (Fsp3) is 0.632. The number of rotatable bonds is 7. The van der Waals surface area contributed by atoms with Crippen LogP contribution in [0.3, 0.4) is 0 Å². The van der Waals surface area contributed by atoms with Crippen LogP contribution in [0, 0.1) is 11.3 Å². The van der Waals surface area contributed by atoms with E-state index >= 15 is 0 Å². The molecule has 1 aromatic heterocycles. The third-order valence-corrected chi connectivity index (χ3v) is 4.76. The summed E-state index contributed by atoms with van der Waals surface area (Å²) in [5.41, 5.74) is 1.53. The zero-order valence-electron chi connectivity index (χ0n) is 15.3. The molecule has 4 nitrogen and oxygen atoms in total. The van der Waals surface area contributed by atoms with E-state index in [0.717, 1.165) is 19.3 Å². The minimum atomic E-state index is -2.88. The second kappa shape index (κ2) is 6.81. The SMILES string of the molecule is CC(C)CCOc1cc(OC(F)F)c2c(c1)ncn2C1CC(C)(C)C1. The number of alkyl halides is 2. The monoisotopic (exact) mass is 352 g/mol. The van der Waals surface area contributed by atoms with Crippen molar-refractivity contribution in [2.75, 3.05) is 6.61 Å². The molecule has 1 aliphatic rings. The molecular formula is C19H26F2N2O2. The van der Waals surface area contributed by atoms with Crippen molar-refractivity contribution >= 4 is 11.0 Å². The topological polar surface area (TPSA) is 36.3 Å². The van der Waals surface area contributed by atoms with E-state index in [0.29, 0.717) is 29.3 Å². The number of halogens is 2. The van der Waals surface area contributed by atoms with E-state index in [4.69, 9.17) is 9.47 Å². The Morgan fingerprint density at radius 2 is 2.00 bits per heavy atom. The van der Waals surface area contributed by atoms with Gasteiger partial charge in [0.2, 0.25) is 0 Å². The second-order valence-corrected chi connectivity index (χ2v) is 8.08. The van der Waals surface area contributed by atoms with Gasteiger partial charge in [-0.1, -0.05) is 27.7 Å². The zero-order chi connectivity index (χ0) is 18.2. The summed E-state index contributed by atoms with van der Waals surface area (Å²) >= 11 is 0. The van der Waals surface area contributed by atoms with Gasteiger partial charge in [-0.2, -0.15) is 8.78 Å². The molecule has 0 aliphatic heterocycles. The summed E-state index contributed by atoms with van der Waals surface area (Å²) in [6.45, 7) is 6.30. The van der Waals surface area contributed by atoms with Crippen LogP contribution in [0.4, 0.5) is 8.78 Å². The zero-order valence-corrected chi connectivity index (χ0v) is 15.3. The van der Waals surface area contributed by atoms with Gasteiger partial charge in [-0.05, 0) is 30.6 Å². The van der Waals surface area contributed by atoms with Crippen LogP contribution in [0.2, 0.25) is 0 Å². The minimum absolute atomic E-state index is 0.134. The van der Waals surface area contributed by atoms with E-state index < -0.39 is 6.61 Å². The van der Waals surface area contributed by atoms with Gasteiger partial charge in [-0.3, -0.25) is 0 Å². The maximum atomic E-state index is 12.9. The highest BCUT2D eigenvalue weighted by atomic mass is 19.3. The van der Waals surface area contributed by atoms with Crippen molar-refractivity contribution in [1.29, 1.82) is 0 Å². The lowest BCUT2D eigenvalue weighted by Crippen LogP contribution is -2.33. The molecule has 0 bridgehead atoms. The normalized spacial score (nSPS) is 17.3. The fourth-order valence-electron chi connectivity index (χ4n) is 3.48. The van der Waals surface area contributed by atoms with Crippen LogP contribution in [0.1, 0.15) is 53.0 Å². The molecule has 1 aromatic carbocycles. The first-order chi connectivity index (χ1) is 11.7.